The van der Waals surface area contributed by atoms with Gasteiger partial charge in [-0.1, -0.05) is 44.2 Å². The van der Waals surface area contributed by atoms with Crippen molar-refractivity contribution in [2.45, 2.75) is 71.6 Å². The van der Waals surface area contributed by atoms with E-state index in [4.69, 9.17) is 4.74 Å². The number of carbonyl (C=O) groups excluding carboxylic acids is 4. The number of rotatable bonds is 6. The largest absolute Gasteiger partial charge is 0.451 e. The van der Waals surface area contributed by atoms with Gasteiger partial charge in [0.1, 0.15) is 6.04 Å². The molecule has 0 bridgehead atoms. The number of likely N-dealkylation sites (tertiary alicyclic amines) is 1. The summed E-state index contributed by atoms with van der Waals surface area (Å²) in [5, 5.41) is 0. The number of benzene rings is 1. The van der Waals surface area contributed by atoms with Crippen LogP contribution in [0.1, 0.15) is 52.5 Å². The van der Waals surface area contributed by atoms with Crippen LogP contribution < -0.4 is 4.90 Å². The summed E-state index contributed by atoms with van der Waals surface area (Å²) in [5.41, 5.74) is 1.91. The molecule has 2 heterocycles. The molecule has 7 nitrogen and oxygen atoms in total. The molecule has 4 rings (SSSR count). The maximum absolute atomic E-state index is 13.3. The third kappa shape index (κ3) is 4.21. The lowest BCUT2D eigenvalue weighted by atomic mass is 9.85. The number of anilines is 1. The molecule has 1 saturated heterocycles. The smallest absolute Gasteiger partial charge is 0.330 e. The predicted molar refractivity (Wildman–Crippen MR) is 123 cm³/mol. The number of carbonyl (C=O) groups is 4. The summed E-state index contributed by atoms with van der Waals surface area (Å²) < 4.78 is 5.62. The first-order chi connectivity index (χ1) is 15.7. The second-order valence-corrected chi connectivity index (χ2v) is 9.82. The highest BCUT2D eigenvalue weighted by atomic mass is 16.5. The highest BCUT2D eigenvalue weighted by Gasteiger charge is 2.52. The summed E-state index contributed by atoms with van der Waals surface area (Å²) >= 11 is 0. The van der Waals surface area contributed by atoms with Crippen molar-refractivity contribution in [1.29, 1.82) is 0 Å². The first kappa shape index (κ1) is 23.2. The number of nitrogens with zero attached hydrogens (tertiary/aromatic N) is 2. The Bertz CT molecular complexity index is 974. The first-order valence-corrected chi connectivity index (χ1v) is 11.8. The number of amides is 3. The van der Waals surface area contributed by atoms with E-state index in [1.807, 2.05) is 57.2 Å². The molecule has 1 aromatic carbocycles. The molecule has 1 fully saturated rings. The Morgan fingerprint density at radius 2 is 1.64 bits per heavy atom. The molecule has 33 heavy (non-hydrogen) atoms. The van der Waals surface area contributed by atoms with Crippen molar-refractivity contribution in [3.8, 4) is 0 Å². The third-order valence-electron chi connectivity index (χ3n) is 6.91. The number of ether oxygens (including phenoxy) is 1. The number of fused-ring (bicyclic) bond motifs is 2. The molecule has 3 aliphatic rings. The molecule has 1 aliphatic carbocycles. The van der Waals surface area contributed by atoms with Crippen molar-refractivity contribution >= 4 is 29.4 Å². The van der Waals surface area contributed by atoms with Crippen molar-refractivity contribution in [2.24, 2.45) is 17.8 Å². The minimum Gasteiger partial charge on any atom is -0.451 e. The van der Waals surface area contributed by atoms with Gasteiger partial charge < -0.3 is 9.64 Å². The molecule has 0 spiro atoms. The van der Waals surface area contributed by atoms with Crippen LogP contribution in [0.25, 0.3) is 0 Å². The summed E-state index contributed by atoms with van der Waals surface area (Å²) in [5.74, 6) is -2.38. The second-order valence-electron chi connectivity index (χ2n) is 9.82. The molecular weight excluding hydrogens is 420 g/mol. The van der Waals surface area contributed by atoms with Crippen LogP contribution in [0.3, 0.4) is 0 Å². The van der Waals surface area contributed by atoms with Crippen molar-refractivity contribution < 1.29 is 23.9 Å². The van der Waals surface area contributed by atoms with Gasteiger partial charge >= 0.3 is 5.97 Å². The van der Waals surface area contributed by atoms with Crippen molar-refractivity contribution in [2.75, 3.05) is 4.90 Å². The molecule has 1 aromatic rings. The monoisotopic (exact) mass is 452 g/mol. The average molecular weight is 453 g/mol. The van der Waals surface area contributed by atoms with E-state index >= 15 is 0 Å². The minimum atomic E-state index is -1.03. The summed E-state index contributed by atoms with van der Waals surface area (Å²) in [4.78, 5) is 55.5. The molecule has 5 atom stereocenters. The van der Waals surface area contributed by atoms with Crippen LogP contribution in [0, 0.1) is 17.8 Å². The molecule has 176 valence electrons. The maximum atomic E-state index is 13.3. The average Bonchev–Trinajstić information content (AvgIpc) is 3.24. The molecule has 2 aliphatic heterocycles. The fraction of sp³-hybridized carbons (Fsp3) is 0.538. The first-order valence-electron chi connectivity index (χ1n) is 11.8. The van der Waals surface area contributed by atoms with Gasteiger partial charge in [0.2, 0.25) is 11.8 Å². The Morgan fingerprint density at radius 3 is 2.24 bits per heavy atom. The van der Waals surface area contributed by atoms with Crippen LogP contribution in [0.4, 0.5) is 5.69 Å². The summed E-state index contributed by atoms with van der Waals surface area (Å²) in [6.07, 6.45) is 4.87. The van der Waals surface area contributed by atoms with Crippen LogP contribution >= 0.6 is 0 Å². The minimum absolute atomic E-state index is 0.0418. The SMILES string of the molecule is CC(C)C[C@H](C(=O)O[C@@H](C)C(=O)N1c2ccccc2C[C@H]1C)N1C(=O)[C@H]2CC=CC[C@H]2C1=O. The van der Waals surface area contributed by atoms with Crippen LogP contribution in [0.5, 0.6) is 0 Å². The van der Waals surface area contributed by atoms with Gasteiger partial charge in [0.15, 0.2) is 6.10 Å². The van der Waals surface area contributed by atoms with Crippen molar-refractivity contribution in [3.63, 3.8) is 0 Å². The van der Waals surface area contributed by atoms with Gasteiger partial charge in [0.05, 0.1) is 11.8 Å². The van der Waals surface area contributed by atoms with Gasteiger partial charge in [-0.25, -0.2) is 4.79 Å². The number of hydrogen-bond donors (Lipinski definition) is 0. The molecule has 0 unspecified atom stereocenters. The van der Waals surface area contributed by atoms with E-state index in [1.54, 1.807) is 11.8 Å². The van der Waals surface area contributed by atoms with Gasteiger partial charge in [0, 0.05) is 11.7 Å². The van der Waals surface area contributed by atoms with Gasteiger partial charge in [-0.2, -0.15) is 0 Å². The maximum Gasteiger partial charge on any atom is 0.330 e. The highest BCUT2D eigenvalue weighted by Crippen LogP contribution is 2.37. The molecule has 0 saturated carbocycles. The number of allylic oxidation sites excluding steroid dienone is 2. The zero-order valence-electron chi connectivity index (χ0n) is 19.7. The van der Waals surface area contributed by atoms with Gasteiger partial charge in [-0.15, -0.1) is 0 Å². The topological polar surface area (TPSA) is 84.0 Å². The van der Waals surface area contributed by atoms with E-state index in [0.717, 1.165) is 22.6 Å². The zero-order valence-corrected chi connectivity index (χ0v) is 19.7. The van der Waals surface area contributed by atoms with Crippen molar-refractivity contribution in [1.82, 2.24) is 4.90 Å². The van der Waals surface area contributed by atoms with E-state index in [9.17, 15) is 19.2 Å². The number of para-hydroxylation sites is 1. The Kier molecular flexibility index (Phi) is 6.41. The highest BCUT2D eigenvalue weighted by molar-refractivity contribution is 6.08. The van der Waals surface area contributed by atoms with Gasteiger partial charge in [0.25, 0.3) is 5.91 Å². The molecule has 3 amide bonds. The Balaban J connectivity index is 1.51. The number of esters is 1. The fourth-order valence-electron chi connectivity index (χ4n) is 5.29. The third-order valence-corrected chi connectivity index (χ3v) is 6.91. The quantitative estimate of drug-likeness (QED) is 0.376. The van der Waals surface area contributed by atoms with Crippen molar-refractivity contribution in [3.05, 3.63) is 42.0 Å². The molecular formula is C26H32N2O5. The fourth-order valence-corrected chi connectivity index (χ4v) is 5.29. The van der Waals surface area contributed by atoms with Crippen LogP contribution in [0.2, 0.25) is 0 Å². The van der Waals surface area contributed by atoms with E-state index in [1.165, 1.54) is 0 Å². The Morgan fingerprint density at radius 1 is 1.03 bits per heavy atom. The van der Waals surface area contributed by atoms with Crippen LogP contribution in [0.15, 0.2) is 36.4 Å². The van der Waals surface area contributed by atoms with E-state index in [2.05, 4.69) is 0 Å². The van der Waals surface area contributed by atoms with Gasteiger partial charge in [-0.3, -0.25) is 19.3 Å². The van der Waals surface area contributed by atoms with Crippen LogP contribution in [-0.4, -0.2) is 46.8 Å². The predicted octanol–water partition coefficient (Wildman–Crippen LogP) is 3.26. The molecule has 0 radical (unpaired) electrons. The van der Waals surface area contributed by atoms with Gasteiger partial charge in [-0.05, 0) is 57.1 Å². The Labute approximate surface area is 194 Å². The number of imide groups is 1. The normalized spacial score (nSPS) is 25.8. The lowest BCUT2D eigenvalue weighted by Crippen LogP contribution is -2.49. The Hall–Kier alpha value is -2.96. The lowest BCUT2D eigenvalue weighted by molar-refractivity contribution is -0.165. The van der Waals surface area contributed by atoms with E-state index in [0.29, 0.717) is 19.3 Å². The standard InChI is InChI=1S/C26H32N2O5/c1-15(2)13-22(28-24(30)19-10-6-7-11-20(19)25(28)31)26(32)33-17(4)23(29)27-16(3)14-18-9-5-8-12-21(18)27/h5-9,12,15-17,19-20,22H,10-11,13-14H2,1-4H3/t16-,17+,19-,20+,22-/m1/s1. The summed E-state index contributed by atoms with van der Waals surface area (Å²) in [7, 11) is 0. The van der Waals surface area contributed by atoms with E-state index in [-0.39, 0.29) is 29.7 Å². The lowest BCUT2D eigenvalue weighted by Gasteiger charge is -2.29. The second kappa shape index (κ2) is 9.12. The summed E-state index contributed by atoms with van der Waals surface area (Å²) in [6, 6.07) is 6.65. The van der Waals surface area contributed by atoms with Crippen LogP contribution in [-0.2, 0) is 30.3 Å². The number of hydrogen-bond acceptors (Lipinski definition) is 5. The molecule has 7 heteroatoms. The summed E-state index contributed by atoms with van der Waals surface area (Å²) in [6.45, 7) is 7.37. The van der Waals surface area contributed by atoms with E-state index < -0.39 is 30.0 Å². The molecule has 0 N–H and O–H groups in total. The molecule has 0 aromatic heterocycles. The zero-order chi connectivity index (χ0) is 23.9.